The van der Waals surface area contributed by atoms with Crippen LogP contribution in [0.3, 0.4) is 0 Å². The molecule has 0 spiro atoms. The molecule has 5 rings (SSSR count). The van der Waals surface area contributed by atoms with Crippen LogP contribution in [-0.4, -0.2) is 71.2 Å². The van der Waals surface area contributed by atoms with Gasteiger partial charge in [-0.2, -0.15) is 0 Å². The molecule has 2 amide bonds. The summed E-state index contributed by atoms with van der Waals surface area (Å²) < 4.78 is 11.9. The van der Waals surface area contributed by atoms with Crippen LogP contribution >= 0.6 is 0 Å². The minimum Gasteiger partial charge on any atom is -0.490 e. The lowest BCUT2D eigenvalue weighted by molar-refractivity contribution is -0.166. The number of benzene rings is 2. The molecule has 2 aromatic carbocycles. The summed E-state index contributed by atoms with van der Waals surface area (Å²) >= 11 is 0. The number of aromatic amines is 1. The molecule has 2 aliphatic heterocycles. The number of rotatable bonds is 11. The quantitative estimate of drug-likeness (QED) is 0.353. The van der Waals surface area contributed by atoms with E-state index >= 15 is 0 Å². The number of carbonyl (C=O) groups is 2. The number of fused-ring (bicyclic) bond motifs is 5. The average molecular weight is 534 g/mol. The highest BCUT2D eigenvalue weighted by Crippen LogP contribution is 2.49. The molecule has 2 N–H and O–H groups in total. The maximum Gasteiger partial charge on any atom is 0.254 e. The topological polar surface area (TPSA) is 95.1 Å². The summed E-state index contributed by atoms with van der Waals surface area (Å²) in [6.07, 6.45) is 3.16. The van der Waals surface area contributed by atoms with Crippen LogP contribution in [-0.2, 0) is 15.1 Å². The summed E-state index contributed by atoms with van der Waals surface area (Å²) in [5.41, 5.74) is 2.68. The van der Waals surface area contributed by atoms with Gasteiger partial charge < -0.3 is 29.4 Å². The molecule has 0 bridgehead atoms. The molecule has 1 fully saturated rings. The van der Waals surface area contributed by atoms with Crippen LogP contribution in [0.25, 0.3) is 10.9 Å². The Morgan fingerprint density at radius 1 is 1.05 bits per heavy atom. The predicted molar refractivity (Wildman–Crippen MR) is 150 cm³/mol. The number of H-pyrrole nitrogens is 1. The number of nitrogens with zero attached hydrogens (tertiary/aromatic N) is 2. The second-order valence-electron chi connectivity index (χ2n) is 10.6. The normalized spacial score (nSPS) is 20.8. The van der Waals surface area contributed by atoms with Gasteiger partial charge in [0, 0.05) is 36.5 Å². The number of aliphatic hydroxyl groups excluding tert-OH is 1. The average Bonchev–Trinajstić information content (AvgIpc) is 3.34. The number of nitrogens with one attached hydrogen (secondary N) is 1. The van der Waals surface area contributed by atoms with Gasteiger partial charge in [-0.15, -0.1) is 0 Å². The Balaban J connectivity index is 1.60. The van der Waals surface area contributed by atoms with Crippen molar-refractivity contribution < 1.29 is 24.2 Å². The van der Waals surface area contributed by atoms with Gasteiger partial charge in [0.25, 0.3) is 5.91 Å². The second kappa shape index (κ2) is 11.3. The molecular formula is C31H39N3O5. The van der Waals surface area contributed by atoms with Crippen molar-refractivity contribution in [1.29, 1.82) is 0 Å². The van der Waals surface area contributed by atoms with E-state index in [1.807, 2.05) is 44.2 Å². The van der Waals surface area contributed by atoms with Gasteiger partial charge in [0.15, 0.2) is 17.0 Å². The van der Waals surface area contributed by atoms with Crippen molar-refractivity contribution in [2.75, 3.05) is 39.5 Å². The van der Waals surface area contributed by atoms with Crippen LogP contribution in [0.5, 0.6) is 11.5 Å². The zero-order chi connectivity index (χ0) is 27.6. The highest BCUT2D eigenvalue weighted by atomic mass is 16.5. The van der Waals surface area contributed by atoms with E-state index in [2.05, 4.69) is 24.0 Å². The van der Waals surface area contributed by atoms with Crippen molar-refractivity contribution in [1.82, 2.24) is 14.8 Å². The van der Waals surface area contributed by atoms with Crippen molar-refractivity contribution >= 4 is 22.7 Å². The lowest BCUT2D eigenvalue weighted by atomic mass is 9.76. The predicted octanol–water partition coefficient (Wildman–Crippen LogP) is 4.55. The van der Waals surface area contributed by atoms with Gasteiger partial charge in [-0.3, -0.25) is 9.59 Å². The zero-order valence-corrected chi connectivity index (χ0v) is 23.2. The van der Waals surface area contributed by atoms with Crippen molar-refractivity contribution in [3.8, 4) is 11.5 Å². The maximum absolute atomic E-state index is 14.1. The molecule has 0 unspecified atom stereocenters. The van der Waals surface area contributed by atoms with Gasteiger partial charge in [0.05, 0.1) is 25.5 Å². The van der Waals surface area contributed by atoms with Gasteiger partial charge in [-0.25, -0.2) is 0 Å². The maximum atomic E-state index is 14.1. The standard InChI is InChI=1S/C31H39N3O5/c1-4-17-39-25-14-13-21(18-26(25)38-5-2)23-19-34-27(36)20-33(15-9-6-10-16-35)30(37)31(34,3)29-28(23)22-11-7-8-12-24(22)32-29/h7-8,11-14,18,23,32,35H,4-6,9-10,15-17,19-20H2,1-3H3/t23-,31+/m1/s1. The van der Waals surface area contributed by atoms with Gasteiger partial charge in [0.1, 0.15) is 0 Å². The molecule has 8 nitrogen and oxygen atoms in total. The summed E-state index contributed by atoms with van der Waals surface area (Å²) in [6.45, 7) is 8.13. The first-order valence-electron chi connectivity index (χ1n) is 14.1. The summed E-state index contributed by atoms with van der Waals surface area (Å²) in [6, 6.07) is 14.1. The van der Waals surface area contributed by atoms with E-state index in [0.29, 0.717) is 44.2 Å². The fraction of sp³-hybridized carbons (Fsp3) is 0.484. The van der Waals surface area contributed by atoms with E-state index < -0.39 is 5.54 Å². The Labute approximate surface area is 229 Å². The SMILES string of the molecule is CCCOc1ccc([C@H]2CN3C(=O)CN(CCCCCO)C(=O)[C@]3(C)c3[nH]c4ccccc4c32)cc1OCC. The van der Waals surface area contributed by atoms with E-state index in [4.69, 9.17) is 14.6 Å². The fourth-order valence-electron chi connectivity index (χ4n) is 6.09. The monoisotopic (exact) mass is 533 g/mol. The van der Waals surface area contributed by atoms with Gasteiger partial charge in [0.2, 0.25) is 5.91 Å². The Bertz CT molecular complexity index is 1350. The largest absolute Gasteiger partial charge is 0.490 e. The van der Waals surface area contributed by atoms with Crippen LogP contribution < -0.4 is 9.47 Å². The number of ether oxygens (including phenoxy) is 2. The summed E-state index contributed by atoms with van der Waals surface area (Å²) in [5, 5.41) is 10.2. The fourth-order valence-corrected chi connectivity index (χ4v) is 6.09. The Morgan fingerprint density at radius 2 is 1.87 bits per heavy atom. The zero-order valence-electron chi connectivity index (χ0n) is 23.2. The number of aliphatic hydroxyl groups is 1. The lowest BCUT2D eigenvalue weighted by Gasteiger charge is -2.51. The molecule has 2 atom stereocenters. The lowest BCUT2D eigenvalue weighted by Crippen LogP contribution is -2.67. The number of para-hydroxylation sites is 1. The van der Waals surface area contributed by atoms with Crippen LogP contribution in [0.1, 0.15) is 69.2 Å². The van der Waals surface area contributed by atoms with E-state index in [9.17, 15) is 9.59 Å². The molecule has 2 aliphatic rings. The minimum absolute atomic E-state index is 0.0542. The molecule has 8 heteroatoms. The smallest absolute Gasteiger partial charge is 0.254 e. The van der Waals surface area contributed by atoms with Gasteiger partial charge in [-0.1, -0.05) is 31.2 Å². The highest BCUT2D eigenvalue weighted by molar-refractivity contribution is 6.01. The number of unbranched alkanes of at least 4 members (excludes halogenated alkanes) is 2. The van der Waals surface area contributed by atoms with E-state index in [1.54, 1.807) is 9.80 Å². The molecule has 0 saturated carbocycles. The van der Waals surface area contributed by atoms with Gasteiger partial charge in [-0.05, 0) is 68.9 Å². The molecular weight excluding hydrogens is 494 g/mol. The van der Waals surface area contributed by atoms with Crippen LogP contribution in [0, 0.1) is 0 Å². The van der Waals surface area contributed by atoms with E-state index in [1.165, 1.54) is 0 Å². The first kappa shape index (κ1) is 27.1. The molecule has 1 aromatic heterocycles. The number of piperazine rings is 1. The van der Waals surface area contributed by atoms with Crippen LogP contribution in [0.4, 0.5) is 0 Å². The molecule has 1 saturated heterocycles. The molecule has 0 radical (unpaired) electrons. The van der Waals surface area contributed by atoms with Crippen molar-refractivity contribution in [2.45, 2.75) is 57.9 Å². The third kappa shape index (κ3) is 4.75. The van der Waals surface area contributed by atoms with Crippen molar-refractivity contribution in [2.24, 2.45) is 0 Å². The van der Waals surface area contributed by atoms with Crippen molar-refractivity contribution in [3.63, 3.8) is 0 Å². The summed E-state index contributed by atoms with van der Waals surface area (Å²) in [5.74, 6) is 1.14. The third-order valence-electron chi connectivity index (χ3n) is 8.04. The molecule has 3 heterocycles. The Kier molecular flexibility index (Phi) is 7.84. The first-order chi connectivity index (χ1) is 18.9. The summed E-state index contributed by atoms with van der Waals surface area (Å²) in [7, 11) is 0. The van der Waals surface area contributed by atoms with E-state index in [-0.39, 0.29) is 30.9 Å². The number of aromatic nitrogens is 1. The molecule has 0 aliphatic carbocycles. The molecule has 39 heavy (non-hydrogen) atoms. The Morgan fingerprint density at radius 3 is 2.64 bits per heavy atom. The van der Waals surface area contributed by atoms with Crippen molar-refractivity contribution in [3.05, 3.63) is 59.3 Å². The summed E-state index contributed by atoms with van der Waals surface area (Å²) in [4.78, 5) is 34.8. The number of amides is 2. The number of hydrogen-bond acceptors (Lipinski definition) is 5. The minimum atomic E-state index is -1.12. The molecule has 208 valence electrons. The third-order valence-corrected chi connectivity index (χ3v) is 8.04. The first-order valence-corrected chi connectivity index (χ1v) is 14.1. The second-order valence-corrected chi connectivity index (χ2v) is 10.6. The number of carbonyl (C=O) groups excluding carboxylic acids is 2. The molecule has 3 aromatic rings. The van der Waals surface area contributed by atoms with Crippen LogP contribution in [0.15, 0.2) is 42.5 Å². The number of hydrogen-bond donors (Lipinski definition) is 2. The highest BCUT2D eigenvalue weighted by Gasteiger charge is 2.56. The Hall–Kier alpha value is -3.52. The van der Waals surface area contributed by atoms with Gasteiger partial charge >= 0.3 is 0 Å². The van der Waals surface area contributed by atoms with E-state index in [0.717, 1.165) is 47.0 Å². The van der Waals surface area contributed by atoms with Crippen LogP contribution in [0.2, 0.25) is 0 Å².